The summed E-state index contributed by atoms with van der Waals surface area (Å²) in [6, 6.07) is 13.7. The van der Waals surface area contributed by atoms with Gasteiger partial charge in [-0.25, -0.2) is 8.42 Å². The predicted octanol–water partition coefficient (Wildman–Crippen LogP) is 3.49. The van der Waals surface area contributed by atoms with E-state index < -0.39 is 16.1 Å². The van der Waals surface area contributed by atoms with Gasteiger partial charge in [-0.1, -0.05) is 45.0 Å². The molecule has 7 nitrogen and oxygen atoms in total. The van der Waals surface area contributed by atoms with E-state index in [-0.39, 0.29) is 35.1 Å². The van der Waals surface area contributed by atoms with Crippen molar-refractivity contribution in [2.45, 2.75) is 51.0 Å². The summed E-state index contributed by atoms with van der Waals surface area (Å²) in [6.07, 6.45) is -0.678. The zero-order valence-corrected chi connectivity index (χ0v) is 20.7. The average molecular weight is 473 g/mol. The Labute approximate surface area is 196 Å². The van der Waals surface area contributed by atoms with Crippen LogP contribution in [0.5, 0.6) is 5.75 Å². The lowest BCUT2D eigenvalue weighted by molar-refractivity contribution is -0.139. The lowest BCUT2D eigenvalue weighted by Gasteiger charge is -2.35. The standard InChI is InChI=1S/C25H32N2O5S/c1-18(28)20-9-11-23(12-10-20)33(30,31)27-15-13-26(14-16-27)24(29)19(2)32-22-8-6-7-21(17-22)25(3,4)5/h6-12,17,19H,13-16H2,1-5H3. The summed E-state index contributed by atoms with van der Waals surface area (Å²) in [7, 11) is -3.69. The van der Waals surface area contributed by atoms with Gasteiger partial charge in [0.15, 0.2) is 11.9 Å². The molecule has 2 aromatic carbocycles. The summed E-state index contributed by atoms with van der Waals surface area (Å²) < 4.78 is 33.2. The molecule has 2 aromatic rings. The van der Waals surface area contributed by atoms with Gasteiger partial charge >= 0.3 is 0 Å². The summed E-state index contributed by atoms with van der Waals surface area (Å²) in [4.78, 5) is 26.1. The molecule has 3 rings (SSSR count). The quantitative estimate of drug-likeness (QED) is 0.601. The van der Waals surface area contributed by atoms with Gasteiger partial charge in [-0.05, 0) is 49.1 Å². The van der Waals surface area contributed by atoms with Crippen LogP contribution < -0.4 is 4.74 Å². The number of nitrogens with zero attached hydrogens (tertiary/aromatic N) is 2. The number of amides is 1. The minimum atomic E-state index is -3.69. The smallest absolute Gasteiger partial charge is 0.263 e. The fourth-order valence-electron chi connectivity index (χ4n) is 3.71. The van der Waals surface area contributed by atoms with Crippen molar-refractivity contribution in [3.05, 3.63) is 59.7 Å². The molecule has 178 valence electrons. The molecule has 1 saturated heterocycles. The molecule has 0 spiro atoms. The van der Waals surface area contributed by atoms with Crippen molar-refractivity contribution in [2.75, 3.05) is 26.2 Å². The Balaban J connectivity index is 1.61. The molecule has 0 bridgehead atoms. The molecule has 1 heterocycles. The molecule has 33 heavy (non-hydrogen) atoms. The van der Waals surface area contributed by atoms with Gasteiger partial charge in [-0.2, -0.15) is 4.31 Å². The molecular weight excluding hydrogens is 440 g/mol. The first-order chi connectivity index (χ1) is 15.4. The number of ketones is 1. The summed E-state index contributed by atoms with van der Waals surface area (Å²) in [5.41, 5.74) is 1.56. The Kier molecular flexibility index (Phi) is 7.29. The van der Waals surface area contributed by atoms with Gasteiger partial charge < -0.3 is 9.64 Å². The number of sulfonamides is 1. The van der Waals surface area contributed by atoms with E-state index in [4.69, 9.17) is 4.74 Å². The highest BCUT2D eigenvalue weighted by atomic mass is 32.2. The van der Waals surface area contributed by atoms with Crippen LogP contribution in [0.4, 0.5) is 0 Å². The Morgan fingerprint density at radius 3 is 2.12 bits per heavy atom. The maximum atomic E-state index is 12.9. The number of ether oxygens (including phenoxy) is 1. The van der Waals surface area contributed by atoms with E-state index in [1.165, 1.54) is 35.5 Å². The fraction of sp³-hybridized carbons (Fsp3) is 0.440. The number of rotatable bonds is 6. The van der Waals surface area contributed by atoms with E-state index in [2.05, 4.69) is 20.8 Å². The maximum Gasteiger partial charge on any atom is 0.263 e. The highest BCUT2D eigenvalue weighted by Gasteiger charge is 2.32. The minimum Gasteiger partial charge on any atom is -0.481 e. The third-order valence-electron chi connectivity index (χ3n) is 5.81. The molecule has 1 atom stereocenters. The average Bonchev–Trinajstić information content (AvgIpc) is 2.78. The van der Waals surface area contributed by atoms with Gasteiger partial charge in [0.1, 0.15) is 5.75 Å². The van der Waals surface area contributed by atoms with E-state index in [9.17, 15) is 18.0 Å². The number of hydrogen-bond donors (Lipinski definition) is 0. The molecule has 0 N–H and O–H groups in total. The van der Waals surface area contributed by atoms with Gasteiger partial charge in [0.05, 0.1) is 4.90 Å². The van der Waals surface area contributed by atoms with Crippen LogP contribution in [0.2, 0.25) is 0 Å². The van der Waals surface area contributed by atoms with E-state index in [1.54, 1.807) is 11.8 Å². The van der Waals surface area contributed by atoms with E-state index in [1.807, 2.05) is 24.3 Å². The van der Waals surface area contributed by atoms with Crippen molar-refractivity contribution >= 4 is 21.7 Å². The first kappa shape index (κ1) is 24.9. The molecule has 0 radical (unpaired) electrons. The second-order valence-electron chi connectivity index (χ2n) is 9.35. The Bertz CT molecular complexity index is 1110. The molecule has 0 aromatic heterocycles. The van der Waals surface area contributed by atoms with Crippen molar-refractivity contribution in [3.63, 3.8) is 0 Å². The highest BCUT2D eigenvalue weighted by molar-refractivity contribution is 7.89. The largest absolute Gasteiger partial charge is 0.481 e. The summed E-state index contributed by atoms with van der Waals surface area (Å²) >= 11 is 0. The molecular formula is C25H32N2O5S. The third kappa shape index (κ3) is 5.81. The predicted molar refractivity (Wildman–Crippen MR) is 127 cm³/mol. The van der Waals surface area contributed by atoms with Gasteiger partial charge in [0.25, 0.3) is 5.91 Å². The van der Waals surface area contributed by atoms with Gasteiger partial charge in [0, 0.05) is 31.7 Å². The van der Waals surface area contributed by atoms with Crippen molar-refractivity contribution < 1.29 is 22.7 Å². The normalized spacial score (nSPS) is 16.3. The van der Waals surface area contributed by atoms with E-state index in [0.29, 0.717) is 24.4 Å². The van der Waals surface area contributed by atoms with E-state index >= 15 is 0 Å². The highest BCUT2D eigenvalue weighted by Crippen LogP contribution is 2.26. The molecule has 1 fully saturated rings. The minimum absolute atomic E-state index is 0.0270. The van der Waals surface area contributed by atoms with Crippen LogP contribution in [0.15, 0.2) is 53.4 Å². The summed E-state index contributed by atoms with van der Waals surface area (Å²) in [5.74, 6) is 0.352. The summed E-state index contributed by atoms with van der Waals surface area (Å²) in [5, 5.41) is 0. The zero-order chi connectivity index (χ0) is 24.4. The van der Waals surface area contributed by atoms with Crippen LogP contribution >= 0.6 is 0 Å². The van der Waals surface area contributed by atoms with Crippen molar-refractivity contribution in [2.24, 2.45) is 0 Å². The number of benzene rings is 2. The molecule has 0 aliphatic carbocycles. The first-order valence-corrected chi connectivity index (χ1v) is 12.5. The van der Waals surface area contributed by atoms with Crippen LogP contribution in [0.1, 0.15) is 50.5 Å². The van der Waals surface area contributed by atoms with E-state index in [0.717, 1.165) is 5.56 Å². The zero-order valence-electron chi connectivity index (χ0n) is 19.9. The number of Topliss-reactive ketones (excluding diaryl/α,β-unsaturated/α-hetero) is 1. The number of hydrogen-bond acceptors (Lipinski definition) is 5. The number of piperazine rings is 1. The lowest BCUT2D eigenvalue weighted by atomic mass is 9.87. The van der Waals surface area contributed by atoms with Crippen LogP contribution in [0, 0.1) is 0 Å². The Morgan fingerprint density at radius 1 is 0.970 bits per heavy atom. The monoisotopic (exact) mass is 472 g/mol. The third-order valence-corrected chi connectivity index (χ3v) is 7.72. The molecule has 8 heteroatoms. The Hall–Kier alpha value is -2.71. The Morgan fingerprint density at radius 2 is 1.58 bits per heavy atom. The number of carbonyl (C=O) groups excluding carboxylic acids is 2. The second kappa shape index (κ2) is 9.65. The van der Waals surface area contributed by atoms with Crippen LogP contribution in [0.25, 0.3) is 0 Å². The summed E-state index contributed by atoms with van der Waals surface area (Å²) in [6.45, 7) is 10.5. The van der Waals surface area contributed by atoms with Crippen LogP contribution in [-0.2, 0) is 20.2 Å². The van der Waals surface area contributed by atoms with Crippen molar-refractivity contribution in [1.82, 2.24) is 9.21 Å². The van der Waals surface area contributed by atoms with Crippen LogP contribution in [-0.4, -0.2) is 61.6 Å². The second-order valence-corrected chi connectivity index (χ2v) is 11.3. The van der Waals surface area contributed by atoms with Gasteiger partial charge in [0.2, 0.25) is 10.0 Å². The van der Waals surface area contributed by atoms with Crippen molar-refractivity contribution in [3.8, 4) is 5.75 Å². The molecule has 0 saturated carbocycles. The lowest BCUT2D eigenvalue weighted by Crippen LogP contribution is -2.53. The maximum absolute atomic E-state index is 12.9. The van der Waals surface area contributed by atoms with Gasteiger partial charge in [-0.3, -0.25) is 9.59 Å². The SMILES string of the molecule is CC(=O)c1ccc(S(=O)(=O)N2CCN(C(=O)C(C)Oc3cccc(C(C)(C)C)c3)CC2)cc1. The number of carbonyl (C=O) groups is 2. The topological polar surface area (TPSA) is 84.0 Å². The fourth-order valence-corrected chi connectivity index (χ4v) is 5.13. The van der Waals surface area contributed by atoms with Crippen molar-refractivity contribution in [1.29, 1.82) is 0 Å². The van der Waals surface area contributed by atoms with Crippen LogP contribution in [0.3, 0.4) is 0 Å². The molecule has 1 aliphatic rings. The van der Waals surface area contributed by atoms with Gasteiger partial charge in [-0.15, -0.1) is 0 Å². The first-order valence-electron chi connectivity index (χ1n) is 11.1. The molecule has 1 unspecified atom stereocenters. The molecule has 1 amide bonds. The molecule has 1 aliphatic heterocycles.